The van der Waals surface area contributed by atoms with Gasteiger partial charge in [0, 0.05) is 18.0 Å². The van der Waals surface area contributed by atoms with E-state index in [1.54, 1.807) is 6.07 Å². The van der Waals surface area contributed by atoms with Crippen LogP contribution < -0.4 is 15.8 Å². The number of ether oxygens (including phenoxy) is 1. The van der Waals surface area contributed by atoms with Crippen molar-refractivity contribution in [2.45, 2.75) is 17.2 Å². The molecule has 18 heteroatoms. The van der Waals surface area contributed by atoms with Crippen molar-refractivity contribution >= 4 is 38.3 Å². The molecule has 0 amide bonds. The maximum atomic E-state index is 13.2. The van der Waals surface area contributed by atoms with Crippen LogP contribution in [0.15, 0.2) is 89.8 Å². The zero-order chi connectivity index (χ0) is 33.7. The number of benzene rings is 4. The lowest BCUT2D eigenvalue weighted by Gasteiger charge is -2.13. The molecule has 11 nitrogen and oxygen atoms in total. The lowest BCUT2D eigenvalue weighted by Crippen LogP contribution is -2.10. The number of nitro groups is 2. The number of nitrogen functional groups attached to an aromatic ring is 1. The van der Waals surface area contributed by atoms with Crippen LogP contribution in [-0.2, 0) is 22.2 Å². The number of para-hydroxylation sites is 2. The molecule has 238 valence electrons. The number of alkyl halides is 6. The van der Waals surface area contributed by atoms with E-state index in [0.717, 1.165) is 30.5 Å². The lowest BCUT2D eigenvalue weighted by molar-refractivity contribution is -0.387. The van der Waals surface area contributed by atoms with Gasteiger partial charge in [0.1, 0.15) is 34.0 Å². The van der Waals surface area contributed by atoms with Gasteiger partial charge in [-0.25, -0.2) is 8.42 Å². The second-order valence-corrected chi connectivity index (χ2v) is 11.0. The molecule has 0 unspecified atom stereocenters. The maximum Gasteiger partial charge on any atom is 0.423 e. The van der Waals surface area contributed by atoms with Crippen LogP contribution in [0, 0.1) is 20.2 Å². The molecule has 0 heterocycles. The molecule has 0 aliphatic heterocycles. The number of nitrogens with zero attached hydrogens (tertiary/aromatic N) is 2. The molecule has 4 aromatic rings. The lowest BCUT2D eigenvalue weighted by atomic mass is 10.1. The van der Waals surface area contributed by atoms with Crippen LogP contribution in [0.5, 0.6) is 11.5 Å². The van der Waals surface area contributed by atoms with Crippen molar-refractivity contribution in [1.82, 2.24) is 0 Å². The molecule has 0 atom stereocenters. The number of halogens is 6. The molecule has 0 aliphatic rings. The topological polar surface area (TPSA) is 168 Å². The number of nitrogens with one attached hydrogen (secondary N) is 1. The number of nitrogens with two attached hydrogens (primary N) is 1. The summed E-state index contributed by atoms with van der Waals surface area (Å²) in [7, 11) is -3.44. The van der Waals surface area contributed by atoms with Gasteiger partial charge in [0.15, 0.2) is 9.84 Å². The van der Waals surface area contributed by atoms with Gasteiger partial charge in [0.2, 0.25) is 0 Å². The summed E-state index contributed by atoms with van der Waals surface area (Å²) in [6.07, 6.45) is -8.61. The molecule has 4 rings (SSSR count). The molecule has 0 aliphatic carbocycles. The van der Waals surface area contributed by atoms with E-state index < -0.39 is 60.2 Å². The van der Waals surface area contributed by atoms with E-state index in [-0.39, 0.29) is 27.8 Å². The van der Waals surface area contributed by atoms with Gasteiger partial charge in [-0.3, -0.25) is 20.2 Å². The van der Waals surface area contributed by atoms with Gasteiger partial charge < -0.3 is 15.8 Å². The molecule has 3 N–H and O–H groups in total. The fraction of sp³-hybridized carbons (Fsp3) is 0.111. The van der Waals surface area contributed by atoms with Crippen molar-refractivity contribution < 1.29 is 49.3 Å². The first-order valence-corrected chi connectivity index (χ1v) is 14.0. The van der Waals surface area contributed by atoms with E-state index >= 15 is 0 Å². The Hall–Kier alpha value is -5.39. The Balaban J connectivity index is 0.000000330. The Morgan fingerprint density at radius 2 is 1.22 bits per heavy atom. The van der Waals surface area contributed by atoms with Gasteiger partial charge in [0.25, 0.3) is 0 Å². The predicted molar refractivity (Wildman–Crippen MR) is 150 cm³/mol. The summed E-state index contributed by atoms with van der Waals surface area (Å²) in [6.45, 7) is 0. The van der Waals surface area contributed by atoms with E-state index in [2.05, 4.69) is 5.32 Å². The number of anilines is 3. The van der Waals surface area contributed by atoms with Gasteiger partial charge in [-0.05, 0) is 54.6 Å². The maximum absolute atomic E-state index is 13.2. The zero-order valence-electron chi connectivity index (χ0n) is 22.6. The summed E-state index contributed by atoms with van der Waals surface area (Å²) in [6, 6.07) is 17.3. The Labute approximate surface area is 250 Å². The first-order valence-electron chi connectivity index (χ1n) is 12.1. The molecule has 0 bridgehead atoms. The molecule has 0 saturated heterocycles. The number of nitro benzene ring substituents is 2. The van der Waals surface area contributed by atoms with Crippen LogP contribution in [0.2, 0.25) is 0 Å². The van der Waals surface area contributed by atoms with Crippen molar-refractivity contribution in [3.05, 3.63) is 116 Å². The van der Waals surface area contributed by atoms with Crippen molar-refractivity contribution in [2.24, 2.45) is 0 Å². The third-order valence-electron chi connectivity index (χ3n) is 5.66. The van der Waals surface area contributed by atoms with Crippen LogP contribution in [0.4, 0.5) is 54.8 Å². The second-order valence-electron chi connectivity index (χ2n) is 8.96. The predicted octanol–water partition coefficient (Wildman–Crippen LogP) is 7.75. The number of hydrogen-bond acceptors (Lipinski definition) is 9. The average Bonchev–Trinajstić information content (AvgIpc) is 2.92. The summed E-state index contributed by atoms with van der Waals surface area (Å²) in [4.78, 5) is 19.4. The number of hydrogen-bond donors (Lipinski definition) is 2. The first-order chi connectivity index (χ1) is 20.8. The summed E-state index contributed by atoms with van der Waals surface area (Å²) >= 11 is 0. The minimum Gasteiger partial charge on any atom is -0.457 e. The van der Waals surface area contributed by atoms with Gasteiger partial charge in [-0.1, -0.05) is 24.3 Å². The van der Waals surface area contributed by atoms with Crippen LogP contribution in [0.3, 0.4) is 0 Å². The number of sulfone groups is 1. The van der Waals surface area contributed by atoms with E-state index in [1.807, 2.05) is 0 Å². The fourth-order valence-corrected chi connectivity index (χ4v) is 4.42. The summed E-state index contributed by atoms with van der Waals surface area (Å²) < 4.78 is 105. The summed E-state index contributed by atoms with van der Waals surface area (Å²) in [5.74, 6) is 0.468. The fourth-order valence-electron chi connectivity index (χ4n) is 3.76. The van der Waals surface area contributed by atoms with Crippen molar-refractivity contribution in [2.75, 3.05) is 17.3 Å². The van der Waals surface area contributed by atoms with Crippen molar-refractivity contribution in [1.29, 1.82) is 0 Å². The molecule has 4 aromatic carbocycles. The minimum atomic E-state index is -4.89. The molecular formula is C27H20F6N4O7S. The van der Waals surface area contributed by atoms with Gasteiger partial charge in [-0.15, -0.1) is 0 Å². The van der Waals surface area contributed by atoms with Crippen molar-refractivity contribution in [3.63, 3.8) is 0 Å². The van der Waals surface area contributed by atoms with E-state index in [0.29, 0.717) is 12.1 Å². The quantitative estimate of drug-likeness (QED) is 0.0873. The largest absolute Gasteiger partial charge is 0.457 e. The highest BCUT2D eigenvalue weighted by Gasteiger charge is 2.40. The van der Waals surface area contributed by atoms with Gasteiger partial charge in [-0.2, -0.15) is 26.3 Å². The third kappa shape index (κ3) is 8.82. The standard InChI is InChI=1S/C20H15F3N2O5S.C7H5F3N2O2/c1-31(28,29)16-8-3-7-15(12-16)30-14-6-2-5-13(11-14)24-18-10-4-9-17(20(21,22)23)19(18)25(26)27;8-7(9,10)4-2-1-3-5(11)6(4)12(13)14/h2-12,24H,1H3;1-3H,11H2. The third-order valence-corrected chi connectivity index (χ3v) is 6.77. The van der Waals surface area contributed by atoms with Crippen LogP contribution in [-0.4, -0.2) is 24.5 Å². The molecule has 0 fully saturated rings. The Morgan fingerprint density at radius 3 is 1.73 bits per heavy atom. The van der Waals surface area contributed by atoms with Crippen LogP contribution in [0.1, 0.15) is 11.1 Å². The second kappa shape index (κ2) is 13.1. The van der Waals surface area contributed by atoms with Gasteiger partial charge >= 0.3 is 23.7 Å². The monoisotopic (exact) mass is 658 g/mol. The Bertz CT molecular complexity index is 1850. The van der Waals surface area contributed by atoms with Crippen molar-refractivity contribution in [3.8, 4) is 11.5 Å². The highest BCUT2D eigenvalue weighted by molar-refractivity contribution is 7.90. The minimum absolute atomic E-state index is 0.0545. The highest BCUT2D eigenvalue weighted by atomic mass is 32.2. The Morgan fingerprint density at radius 1 is 0.733 bits per heavy atom. The molecule has 0 radical (unpaired) electrons. The molecule has 0 spiro atoms. The number of rotatable bonds is 7. The van der Waals surface area contributed by atoms with Crippen LogP contribution in [0.25, 0.3) is 0 Å². The normalized spacial score (nSPS) is 11.6. The first kappa shape index (κ1) is 34.1. The molecule has 0 saturated carbocycles. The van der Waals surface area contributed by atoms with E-state index in [9.17, 15) is 55.0 Å². The Kier molecular flexibility index (Phi) is 9.92. The SMILES string of the molecule is CS(=O)(=O)c1cccc(Oc2cccc(Nc3cccc(C(F)(F)F)c3[N+](=O)[O-])c2)c1.Nc1cccc(C(F)(F)F)c1[N+](=O)[O-]. The summed E-state index contributed by atoms with van der Waals surface area (Å²) in [5.41, 5.74) is -0.411. The molecule has 45 heavy (non-hydrogen) atoms. The summed E-state index contributed by atoms with van der Waals surface area (Å²) in [5, 5.41) is 24.2. The molecule has 0 aromatic heterocycles. The van der Waals surface area contributed by atoms with E-state index in [4.69, 9.17) is 10.5 Å². The van der Waals surface area contributed by atoms with Gasteiger partial charge in [0.05, 0.1) is 14.7 Å². The van der Waals surface area contributed by atoms with Crippen LogP contribution >= 0.6 is 0 Å². The van der Waals surface area contributed by atoms with E-state index in [1.165, 1.54) is 42.5 Å². The average molecular weight is 659 g/mol. The zero-order valence-corrected chi connectivity index (χ0v) is 23.4. The smallest absolute Gasteiger partial charge is 0.423 e. The highest BCUT2D eigenvalue weighted by Crippen LogP contribution is 2.41. The molecular weight excluding hydrogens is 638 g/mol.